The third-order valence-electron chi connectivity index (χ3n) is 5.71. The summed E-state index contributed by atoms with van der Waals surface area (Å²) in [5, 5.41) is 7.82. The van der Waals surface area contributed by atoms with Gasteiger partial charge in [-0.1, -0.05) is 11.3 Å². The van der Waals surface area contributed by atoms with Crippen molar-refractivity contribution in [1.82, 2.24) is 19.7 Å². The summed E-state index contributed by atoms with van der Waals surface area (Å²) in [6.07, 6.45) is 1.83. The van der Waals surface area contributed by atoms with Crippen LogP contribution in [-0.4, -0.2) is 50.7 Å². The highest BCUT2D eigenvalue weighted by Gasteiger charge is 2.29. The molecule has 0 aliphatic carbocycles. The quantitative estimate of drug-likeness (QED) is 0.653. The Morgan fingerprint density at radius 3 is 2.84 bits per heavy atom. The number of aryl methyl sites for hydroxylation is 1. The van der Waals surface area contributed by atoms with Crippen LogP contribution in [0.15, 0.2) is 30.3 Å². The summed E-state index contributed by atoms with van der Waals surface area (Å²) in [4.78, 5) is 32.8. The van der Waals surface area contributed by atoms with E-state index in [0.717, 1.165) is 29.0 Å². The molecule has 0 radical (unpaired) electrons. The van der Waals surface area contributed by atoms with Crippen LogP contribution in [0, 0.1) is 5.82 Å². The predicted octanol–water partition coefficient (Wildman–Crippen LogP) is 3.00. The van der Waals surface area contributed by atoms with Crippen LogP contribution >= 0.6 is 11.3 Å². The zero-order valence-electron chi connectivity index (χ0n) is 17.5. The maximum atomic E-state index is 13.2. The summed E-state index contributed by atoms with van der Waals surface area (Å²) in [6.45, 7) is 1.57. The summed E-state index contributed by atoms with van der Waals surface area (Å²) in [5.41, 5.74) is 2.74. The summed E-state index contributed by atoms with van der Waals surface area (Å²) in [7, 11) is 1.72. The molecule has 1 N–H and O–H groups in total. The smallest absolute Gasteiger partial charge is 0.272 e. The van der Waals surface area contributed by atoms with Crippen LogP contribution in [0.4, 0.5) is 9.52 Å². The van der Waals surface area contributed by atoms with Crippen LogP contribution in [0.3, 0.4) is 0 Å². The third-order valence-corrected chi connectivity index (χ3v) is 6.71. The van der Waals surface area contributed by atoms with Gasteiger partial charge in [0.15, 0.2) is 5.13 Å². The number of nitrogens with zero attached hydrogens (tertiary/aromatic N) is 4. The van der Waals surface area contributed by atoms with Gasteiger partial charge in [-0.2, -0.15) is 5.10 Å². The molecule has 0 bridgehead atoms. The van der Waals surface area contributed by atoms with E-state index in [-0.39, 0.29) is 17.6 Å². The van der Waals surface area contributed by atoms with Crippen molar-refractivity contribution in [3.8, 4) is 11.3 Å². The average Bonchev–Trinajstić information content (AvgIpc) is 3.52. The van der Waals surface area contributed by atoms with Crippen molar-refractivity contribution in [2.75, 3.05) is 18.5 Å². The number of hydrogen-bond donors (Lipinski definition) is 1. The number of carbonyl (C=O) groups excluding carboxylic acids is 2. The van der Waals surface area contributed by atoms with Crippen molar-refractivity contribution in [2.45, 2.75) is 31.9 Å². The number of anilines is 1. The van der Waals surface area contributed by atoms with Crippen LogP contribution < -0.4 is 5.32 Å². The van der Waals surface area contributed by atoms with Gasteiger partial charge in [-0.3, -0.25) is 19.6 Å². The van der Waals surface area contributed by atoms with E-state index in [1.54, 1.807) is 34.8 Å². The lowest BCUT2D eigenvalue weighted by Gasteiger charge is -2.25. The highest BCUT2D eigenvalue weighted by Crippen LogP contribution is 2.30. The van der Waals surface area contributed by atoms with Crippen LogP contribution in [0.1, 0.15) is 33.9 Å². The van der Waals surface area contributed by atoms with Crippen molar-refractivity contribution in [1.29, 1.82) is 0 Å². The molecular formula is C22H22FN5O3S. The Labute approximate surface area is 188 Å². The molecule has 1 fully saturated rings. The van der Waals surface area contributed by atoms with Gasteiger partial charge in [-0.15, -0.1) is 0 Å². The van der Waals surface area contributed by atoms with Gasteiger partial charge in [-0.25, -0.2) is 9.37 Å². The van der Waals surface area contributed by atoms with Gasteiger partial charge in [0.25, 0.3) is 11.8 Å². The standard InChI is InChI=1S/C22H22FN5O3S/c1-27-17(11-16(26-27)13-4-6-14(23)7-5-13)21(30)28-9-8-15-19(12-28)32-22(24-15)25-20(29)18-3-2-10-31-18/h4-7,11,18H,2-3,8-10,12H2,1H3,(H,24,25,29). The number of rotatable bonds is 4. The number of ether oxygens (including phenoxy) is 1. The predicted molar refractivity (Wildman–Crippen MR) is 117 cm³/mol. The van der Waals surface area contributed by atoms with E-state index in [1.165, 1.54) is 23.5 Å². The van der Waals surface area contributed by atoms with E-state index < -0.39 is 6.10 Å². The monoisotopic (exact) mass is 455 g/mol. The fraction of sp³-hybridized carbons (Fsp3) is 0.364. The van der Waals surface area contributed by atoms with Gasteiger partial charge >= 0.3 is 0 Å². The molecule has 32 heavy (non-hydrogen) atoms. The fourth-order valence-corrected chi connectivity index (χ4v) is 5.01. The maximum Gasteiger partial charge on any atom is 0.272 e. The Balaban J connectivity index is 1.29. The molecule has 2 aliphatic rings. The Kier molecular flexibility index (Phi) is 5.48. The lowest BCUT2D eigenvalue weighted by Crippen LogP contribution is -2.36. The highest BCUT2D eigenvalue weighted by atomic mass is 32.1. The van der Waals surface area contributed by atoms with Gasteiger partial charge in [0.1, 0.15) is 17.6 Å². The Morgan fingerprint density at radius 1 is 1.28 bits per heavy atom. The summed E-state index contributed by atoms with van der Waals surface area (Å²) in [6, 6.07) is 7.75. The molecule has 0 spiro atoms. The molecule has 1 unspecified atom stereocenters. The fourth-order valence-electron chi connectivity index (χ4n) is 3.98. The number of halogens is 1. The minimum absolute atomic E-state index is 0.127. The molecule has 166 valence electrons. The number of nitrogens with one attached hydrogen (secondary N) is 1. The third kappa shape index (κ3) is 4.03. The highest BCUT2D eigenvalue weighted by molar-refractivity contribution is 7.15. The topological polar surface area (TPSA) is 89.4 Å². The van der Waals surface area contributed by atoms with Gasteiger partial charge < -0.3 is 9.64 Å². The lowest BCUT2D eigenvalue weighted by atomic mass is 10.1. The van der Waals surface area contributed by atoms with Crippen LogP contribution in [-0.2, 0) is 29.5 Å². The second-order valence-corrected chi connectivity index (χ2v) is 8.99. The van der Waals surface area contributed by atoms with Crippen molar-refractivity contribution in [2.24, 2.45) is 7.05 Å². The summed E-state index contributed by atoms with van der Waals surface area (Å²) < 4.78 is 20.2. The van der Waals surface area contributed by atoms with Crippen LogP contribution in [0.25, 0.3) is 11.3 Å². The average molecular weight is 456 g/mol. The molecule has 8 nitrogen and oxygen atoms in total. The minimum Gasteiger partial charge on any atom is -0.368 e. The summed E-state index contributed by atoms with van der Waals surface area (Å²) in [5.74, 6) is -0.608. The molecule has 1 atom stereocenters. The van der Waals surface area contributed by atoms with Gasteiger partial charge in [0.2, 0.25) is 0 Å². The number of hydrogen-bond acceptors (Lipinski definition) is 6. The molecule has 10 heteroatoms. The Bertz CT molecular complexity index is 1170. The van der Waals surface area contributed by atoms with Gasteiger partial charge in [0.05, 0.1) is 17.9 Å². The number of aromatic nitrogens is 3. The molecular weight excluding hydrogens is 433 g/mol. The second kappa shape index (κ2) is 8.44. The number of benzene rings is 1. The van der Waals surface area contributed by atoms with Gasteiger partial charge in [-0.05, 0) is 43.2 Å². The van der Waals surface area contributed by atoms with Gasteiger partial charge in [0, 0.05) is 37.1 Å². The largest absolute Gasteiger partial charge is 0.368 e. The maximum absolute atomic E-state index is 13.2. The van der Waals surface area contributed by atoms with Crippen molar-refractivity contribution >= 4 is 28.3 Å². The van der Waals surface area contributed by atoms with E-state index in [2.05, 4.69) is 15.4 Å². The number of fused-ring (bicyclic) bond motifs is 1. The van der Waals surface area contributed by atoms with Crippen molar-refractivity contribution in [3.63, 3.8) is 0 Å². The zero-order valence-corrected chi connectivity index (χ0v) is 18.3. The first-order valence-electron chi connectivity index (χ1n) is 10.5. The number of amides is 2. The first-order valence-corrected chi connectivity index (χ1v) is 11.3. The molecule has 1 aromatic carbocycles. The molecule has 5 rings (SSSR count). The molecule has 0 saturated carbocycles. The molecule has 4 heterocycles. The van der Waals surface area contributed by atoms with E-state index in [0.29, 0.717) is 42.6 Å². The Hall–Kier alpha value is -3.11. The summed E-state index contributed by atoms with van der Waals surface area (Å²) >= 11 is 1.40. The second-order valence-electron chi connectivity index (χ2n) is 7.90. The molecule has 3 aromatic rings. The van der Waals surface area contributed by atoms with E-state index in [4.69, 9.17) is 4.74 Å². The molecule has 2 aromatic heterocycles. The Morgan fingerprint density at radius 2 is 2.09 bits per heavy atom. The van der Waals surface area contributed by atoms with E-state index in [9.17, 15) is 14.0 Å². The molecule has 2 aliphatic heterocycles. The zero-order chi connectivity index (χ0) is 22.2. The van der Waals surface area contributed by atoms with Crippen molar-refractivity contribution < 1.29 is 18.7 Å². The lowest BCUT2D eigenvalue weighted by molar-refractivity contribution is -0.124. The number of thiazole rings is 1. The van der Waals surface area contributed by atoms with E-state index in [1.807, 2.05) is 0 Å². The van der Waals surface area contributed by atoms with E-state index >= 15 is 0 Å². The number of carbonyl (C=O) groups is 2. The van der Waals surface area contributed by atoms with Crippen molar-refractivity contribution in [3.05, 3.63) is 52.4 Å². The molecule has 2 amide bonds. The molecule has 1 saturated heterocycles. The first kappa shape index (κ1) is 20.8. The first-order chi connectivity index (χ1) is 15.5. The van der Waals surface area contributed by atoms with Crippen LogP contribution in [0.5, 0.6) is 0 Å². The normalized spacial score (nSPS) is 17.9. The minimum atomic E-state index is -0.408. The SMILES string of the molecule is Cn1nc(-c2ccc(F)cc2)cc1C(=O)N1CCc2nc(NC(=O)C3CCCO3)sc2C1. The van der Waals surface area contributed by atoms with Crippen LogP contribution in [0.2, 0.25) is 0 Å².